The van der Waals surface area contributed by atoms with Crippen LogP contribution in [0.15, 0.2) is 32.1 Å². The maximum atomic E-state index is 14.1. The van der Waals surface area contributed by atoms with E-state index in [0.717, 1.165) is 0 Å². The van der Waals surface area contributed by atoms with Crippen molar-refractivity contribution in [2.24, 2.45) is 4.36 Å². The van der Waals surface area contributed by atoms with E-state index in [9.17, 15) is 18.5 Å². The fourth-order valence-electron chi connectivity index (χ4n) is 3.33. The Hall–Kier alpha value is -2.90. The van der Waals surface area contributed by atoms with E-state index in [-0.39, 0.29) is 22.7 Å². The summed E-state index contributed by atoms with van der Waals surface area (Å²) in [6.07, 6.45) is 1.54. The normalized spacial score (nSPS) is 13.6. The molecule has 32 heavy (non-hydrogen) atoms. The number of halogens is 1. The molecule has 2 aromatic rings. The van der Waals surface area contributed by atoms with Gasteiger partial charge in [-0.15, -0.1) is 4.36 Å². The van der Waals surface area contributed by atoms with Crippen LogP contribution in [0, 0.1) is 24.2 Å². The lowest BCUT2D eigenvalue weighted by molar-refractivity contribution is 0.0769. The number of nitrogens with one attached hydrogen (secondary N) is 2. The monoisotopic (exact) mass is 464 g/mol. The summed E-state index contributed by atoms with van der Waals surface area (Å²) in [6, 6.07) is 2.98. The van der Waals surface area contributed by atoms with E-state index in [1.165, 1.54) is 38.2 Å². The van der Waals surface area contributed by atoms with Crippen LogP contribution in [0.5, 0.6) is 0 Å². The average molecular weight is 465 g/mol. The molecule has 0 unspecified atom stereocenters. The minimum atomic E-state index is -3.82. The molecule has 0 radical (unpaired) electrons. The Morgan fingerprint density at radius 3 is 2.16 bits per heavy atom. The smallest absolute Gasteiger partial charge is 0.355 e. The molecule has 10 heteroatoms. The summed E-state index contributed by atoms with van der Waals surface area (Å²) >= 11 is 0. The van der Waals surface area contributed by atoms with Gasteiger partial charge in [-0.25, -0.2) is 18.1 Å². The number of aliphatic hydroxyl groups is 1. The zero-order chi connectivity index (χ0) is 24.4. The first-order valence-corrected chi connectivity index (χ1v) is 11.6. The van der Waals surface area contributed by atoms with Crippen LogP contribution in [0.25, 0.3) is 0 Å². The Balaban J connectivity index is 2.59. The van der Waals surface area contributed by atoms with Crippen molar-refractivity contribution in [3.8, 4) is 6.19 Å². The number of aryl methyl sites for hydroxylation is 1. The third kappa shape index (κ3) is 5.47. The van der Waals surface area contributed by atoms with Crippen LogP contribution in [0.1, 0.15) is 75.8 Å². The molecule has 0 aliphatic carbocycles. The van der Waals surface area contributed by atoms with Crippen molar-refractivity contribution in [2.75, 3.05) is 5.32 Å². The number of anilines is 1. The van der Waals surface area contributed by atoms with Crippen LogP contribution in [0.2, 0.25) is 0 Å². The number of hydrogen-bond acceptors (Lipinski definition) is 5. The molecule has 1 aromatic heterocycles. The summed E-state index contributed by atoms with van der Waals surface area (Å²) in [7, 11) is -3.82. The van der Waals surface area contributed by atoms with E-state index >= 15 is 0 Å². The van der Waals surface area contributed by atoms with Gasteiger partial charge in [0.2, 0.25) is 15.0 Å². The van der Waals surface area contributed by atoms with Gasteiger partial charge in [0.1, 0.15) is 11.6 Å². The molecule has 174 valence electrons. The summed E-state index contributed by atoms with van der Waals surface area (Å²) in [5.74, 6) is -0.366. The SMILES string of the molecule is Cc1oc([S@@](=O)(=NC(=O)Nc2c(C(C)C)cc(F)cc2C(C)C)NC#N)cc1C(C)(C)O. The van der Waals surface area contributed by atoms with Crippen LogP contribution < -0.4 is 10.0 Å². The summed E-state index contributed by atoms with van der Waals surface area (Å²) in [6.45, 7) is 12.0. The molecule has 1 heterocycles. The highest BCUT2D eigenvalue weighted by Gasteiger charge is 2.28. The van der Waals surface area contributed by atoms with E-state index in [2.05, 4.69) is 9.68 Å². The second-order valence-corrected chi connectivity index (χ2v) is 10.5. The van der Waals surface area contributed by atoms with E-state index < -0.39 is 27.4 Å². The number of hydrogen-bond donors (Lipinski definition) is 3. The van der Waals surface area contributed by atoms with Crippen molar-refractivity contribution in [3.63, 3.8) is 0 Å². The van der Waals surface area contributed by atoms with E-state index in [1.54, 1.807) is 6.92 Å². The van der Waals surface area contributed by atoms with Gasteiger partial charge in [-0.1, -0.05) is 27.7 Å². The fraction of sp³-hybridized carbons (Fsp3) is 0.455. The van der Waals surface area contributed by atoms with Crippen LogP contribution >= 0.6 is 0 Å². The third-order valence-corrected chi connectivity index (χ3v) is 6.40. The van der Waals surface area contributed by atoms with Crippen LogP contribution in [-0.2, 0) is 15.5 Å². The molecule has 0 aliphatic rings. The Morgan fingerprint density at radius 1 is 1.22 bits per heavy atom. The lowest BCUT2D eigenvalue weighted by Crippen LogP contribution is -2.22. The largest absolute Gasteiger partial charge is 0.449 e. The lowest BCUT2D eigenvalue weighted by Gasteiger charge is -2.20. The van der Waals surface area contributed by atoms with Gasteiger partial charge < -0.3 is 14.8 Å². The number of rotatable bonds is 6. The summed E-state index contributed by atoms with van der Waals surface area (Å²) < 4.78 is 38.7. The van der Waals surface area contributed by atoms with Crippen LogP contribution in [0.3, 0.4) is 0 Å². The highest BCUT2D eigenvalue weighted by atomic mass is 32.2. The van der Waals surface area contributed by atoms with Gasteiger partial charge in [-0.2, -0.15) is 5.26 Å². The Morgan fingerprint density at radius 2 is 1.75 bits per heavy atom. The number of benzene rings is 1. The summed E-state index contributed by atoms with van der Waals surface area (Å²) in [5, 5.41) is 21.7. The van der Waals surface area contributed by atoms with Gasteiger partial charge in [0, 0.05) is 17.3 Å². The minimum absolute atomic E-state index is 0.109. The van der Waals surface area contributed by atoms with Gasteiger partial charge in [0.05, 0.1) is 5.60 Å². The van der Waals surface area contributed by atoms with E-state index in [1.807, 2.05) is 32.4 Å². The molecule has 2 amide bonds. The number of furan rings is 1. The number of urea groups is 1. The summed E-state index contributed by atoms with van der Waals surface area (Å²) in [4.78, 5) is 12.8. The fourth-order valence-corrected chi connectivity index (χ4v) is 4.48. The number of carbonyl (C=O) groups is 1. The van der Waals surface area contributed by atoms with Gasteiger partial charge in [0.15, 0.2) is 6.19 Å². The molecule has 0 saturated heterocycles. The molecule has 1 aromatic carbocycles. The van der Waals surface area contributed by atoms with Gasteiger partial charge in [-0.05, 0) is 55.9 Å². The number of nitrogens with zero attached hydrogens (tertiary/aromatic N) is 2. The maximum absolute atomic E-state index is 14.1. The molecular formula is C22H29FN4O4S. The molecule has 3 N–H and O–H groups in total. The molecule has 0 saturated carbocycles. The van der Waals surface area contributed by atoms with Gasteiger partial charge in [-0.3, -0.25) is 0 Å². The van der Waals surface area contributed by atoms with Crippen molar-refractivity contribution in [2.45, 2.75) is 71.0 Å². The number of amides is 2. The van der Waals surface area contributed by atoms with Gasteiger partial charge in [0.25, 0.3) is 0 Å². The van der Waals surface area contributed by atoms with Crippen molar-refractivity contribution < 1.29 is 22.9 Å². The first-order valence-electron chi connectivity index (χ1n) is 10.1. The minimum Gasteiger partial charge on any atom is -0.449 e. The quantitative estimate of drug-likeness (QED) is 0.397. The molecular weight excluding hydrogens is 435 g/mol. The predicted molar refractivity (Wildman–Crippen MR) is 120 cm³/mol. The standard InChI is InChI=1S/C22H29FN4O4S/c1-12(2)16-8-15(23)9-17(13(3)4)20(16)26-21(28)27-32(30,25-11-24)19-10-18(14(5)31-19)22(6,7)29/h8-10,12-13,29H,1-7H3,(H2,25,26,27,28,30)/t32-/m0/s1. The first-order chi connectivity index (χ1) is 14.7. The highest BCUT2D eigenvalue weighted by Crippen LogP contribution is 2.34. The Bertz CT molecular complexity index is 1150. The molecule has 1 atom stereocenters. The highest BCUT2D eigenvalue weighted by molar-refractivity contribution is 7.92. The van der Waals surface area contributed by atoms with Crippen LogP contribution in [0.4, 0.5) is 14.9 Å². The predicted octanol–water partition coefficient (Wildman–Crippen LogP) is 5.25. The van der Waals surface area contributed by atoms with Gasteiger partial charge >= 0.3 is 6.03 Å². The third-order valence-electron chi connectivity index (χ3n) is 4.86. The Kier molecular flexibility index (Phi) is 7.37. The number of carbonyl (C=O) groups excluding carboxylic acids is 1. The van der Waals surface area contributed by atoms with E-state index in [0.29, 0.717) is 22.4 Å². The lowest BCUT2D eigenvalue weighted by atomic mass is 9.92. The maximum Gasteiger partial charge on any atom is 0.355 e. The zero-order valence-corrected chi connectivity index (χ0v) is 20.1. The molecule has 8 nitrogen and oxygen atoms in total. The average Bonchev–Trinajstić information content (AvgIpc) is 3.05. The molecule has 0 spiro atoms. The molecule has 0 aliphatic heterocycles. The van der Waals surface area contributed by atoms with Crippen molar-refractivity contribution in [1.82, 2.24) is 4.72 Å². The Labute approximate surface area is 188 Å². The van der Waals surface area contributed by atoms with Crippen molar-refractivity contribution in [1.29, 1.82) is 5.26 Å². The second-order valence-electron chi connectivity index (χ2n) is 8.62. The zero-order valence-electron chi connectivity index (χ0n) is 19.2. The summed E-state index contributed by atoms with van der Waals surface area (Å²) in [5.41, 5.74) is 0.563. The second kappa shape index (κ2) is 9.30. The topological polar surface area (TPSA) is 128 Å². The number of nitriles is 1. The molecule has 0 fully saturated rings. The van der Waals surface area contributed by atoms with Crippen molar-refractivity contribution in [3.05, 3.63) is 46.5 Å². The van der Waals surface area contributed by atoms with E-state index in [4.69, 9.17) is 9.68 Å². The van der Waals surface area contributed by atoms with Crippen LogP contribution in [-0.4, -0.2) is 15.3 Å². The molecule has 2 rings (SSSR count). The molecule has 0 bridgehead atoms. The van der Waals surface area contributed by atoms with Crippen molar-refractivity contribution >= 4 is 21.6 Å². The first kappa shape index (κ1) is 25.4.